The van der Waals surface area contributed by atoms with Gasteiger partial charge in [-0.3, -0.25) is 14.5 Å². The van der Waals surface area contributed by atoms with Gasteiger partial charge in [-0.15, -0.1) is 0 Å². The minimum Gasteiger partial charge on any atom is -0.347 e. The average Bonchev–Trinajstić information content (AvgIpc) is 2.32. The minimum atomic E-state index is -0.547. The largest absolute Gasteiger partial charge is 0.347 e. The molecule has 0 bridgehead atoms. The summed E-state index contributed by atoms with van der Waals surface area (Å²) in [6.07, 6.45) is 1.90. The molecule has 1 rings (SSSR count). The Morgan fingerprint density at radius 3 is 2.25 bits per heavy atom. The Bertz CT molecular complexity index is 350. The van der Waals surface area contributed by atoms with Crippen LogP contribution in [0.2, 0.25) is 0 Å². The van der Waals surface area contributed by atoms with Gasteiger partial charge < -0.3 is 16.8 Å². The molecule has 0 aromatic heterocycles. The molecule has 0 radical (unpaired) electrons. The second-order valence-electron chi connectivity index (χ2n) is 6.96. The third-order valence-electron chi connectivity index (χ3n) is 4.13. The van der Waals surface area contributed by atoms with Gasteiger partial charge in [0.05, 0.1) is 0 Å². The molecule has 20 heavy (non-hydrogen) atoms. The lowest BCUT2D eigenvalue weighted by molar-refractivity contribution is -0.133. The molecule has 1 amide bonds. The van der Waals surface area contributed by atoms with Crippen LogP contribution < -0.4 is 16.8 Å². The van der Waals surface area contributed by atoms with Crippen molar-refractivity contribution in [3.8, 4) is 0 Å². The van der Waals surface area contributed by atoms with Gasteiger partial charge in [-0.05, 0) is 40.5 Å². The van der Waals surface area contributed by atoms with E-state index in [1.807, 2.05) is 0 Å². The number of amides is 1. The van der Waals surface area contributed by atoms with Crippen molar-refractivity contribution in [3.05, 3.63) is 0 Å². The highest BCUT2D eigenvalue weighted by molar-refractivity contribution is 6.23. The SMILES string of the molecule is CC1(C)CC(NC(=O)C=O)CC(C)(C)N1CC(N)CN. The van der Waals surface area contributed by atoms with Crippen LogP contribution in [0.4, 0.5) is 0 Å². The molecule has 1 unspecified atom stereocenters. The number of nitrogens with two attached hydrogens (primary N) is 2. The van der Waals surface area contributed by atoms with Crippen LogP contribution in [0.15, 0.2) is 0 Å². The predicted molar refractivity (Wildman–Crippen MR) is 79.1 cm³/mol. The molecule has 1 heterocycles. The quantitative estimate of drug-likeness (QED) is 0.471. The van der Waals surface area contributed by atoms with Crippen molar-refractivity contribution in [3.63, 3.8) is 0 Å². The maximum absolute atomic E-state index is 11.3. The molecule has 1 saturated heterocycles. The van der Waals surface area contributed by atoms with E-state index in [1.165, 1.54) is 0 Å². The van der Waals surface area contributed by atoms with Crippen LogP contribution >= 0.6 is 0 Å². The molecule has 0 aromatic rings. The lowest BCUT2D eigenvalue weighted by atomic mass is 9.76. The minimum absolute atomic E-state index is 0.00283. The molecular formula is C14H28N4O2. The standard InChI is InChI=1S/C14H28N4O2/c1-13(2)5-11(17-12(20)9-19)6-14(3,4)18(13)8-10(16)7-15/h9-11H,5-8,15-16H2,1-4H3,(H,17,20). The van der Waals surface area contributed by atoms with Crippen molar-refractivity contribution in [2.24, 2.45) is 11.5 Å². The number of piperidine rings is 1. The van der Waals surface area contributed by atoms with Gasteiger partial charge in [0.15, 0.2) is 0 Å². The molecule has 0 aromatic carbocycles. The first-order chi connectivity index (χ1) is 9.12. The third kappa shape index (κ3) is 4.01. The summed E-state index contributed by atoms with van der Waals surface area (Å²) in [6, 6.07) is -0.0577. The fraction of sp³-hybridized carbons (Fsp3) is 0.857. The maximum Gasteiger partial charge on any atom is 0.284 e. The van der Waals surface area contributed by atoms with Crippen molar-refractivity contribution in [2.75, 3.05) is 13.1 Å². The average molecular weight is 284 g/mol. The topological polar surface area (TPSA) is 101 Å². The summed E-state index contributed by atoms with van der Waals surface area (Å²) in [4.78, 5) is 24.1. The first-order valence-corrected chi connectivity index (χ1v) is 7.11. The fourth-order valence-corrected chi connectivity index (χ4v) is 3.46. The zero-order chi connectivity index (χ0) is 15.6. The Hall–Kier alpha value is -0.980. The van der Waals surface area contributed by atoms with Crippen LogP contribution in [0.25, 0.3) is 0 Å². The van der Waals surface area contributed by atoms with Crippen molar-refractivity contribution in [1.29, 1.82) is 0 Å². The zero-order valence-electron chi connectivity index (χ0n) is 13.0. The highest BCUT2D eigenvalue weighted by Gasteiger charge is 2.45. The van der Waals surface area contributed by atoms with Crippen molar-refractivity contribution in [2.45, 2.75) is 63.7 Å². The molecule has 0 aliphatic carbocycles. The summed E-state index contributed by atoms with van der Waals surface area (Å²) < 4.78 is 0. The Morgan fingerprint density at radius 2 is 1.85 bits per heavy atom. The van der Waals surface area contributed by atoms with E-state index in [2.05, 4.69) is 37.9 Å². The van der Waals surface area contributed by atoms with Gasteiger partial charge in [-0.2, -0.15) is 0 Å². The Labute approximate surface area is 121 Å². The van der Waals surface area contributed by atoms with Crippen LogP contribution in [0.3, 0.4) is 0 Å². The molecule has 6 nitrogen and oxygen atoms in total. The summed E-state index contributed by atoms with van der Waals surface area (Å²) in [6.45, 7) is 9.72. The predicted octanol–water partition coefficient (Wildman–Crippen LogP) is -0.391. The molecule has 5 N–H and O–H groups in total. The lowest BCUT2D eigenvalue weighted by Gasteiger charge is -2.56. The van der Waals surface area contributed by atoms with Gasteiger partial charge in [-0.25, -0.2) is 0 Å². The van der Waals surface area contributed by atoms with E-state index in [1.54, 1.807) is 0 Å². The van der Waals surface area contributed by atoms with Crippen LogP contribution in [-0.4, -0.2) is 53.3 Å². The number of aldehydes is 1. The van der Waals surface area contributed by atoms with E-state index in [4.69, 9.17) is 11.5 Å². The van der Waals surface area contributed by atoms with E-state index < -0.39 is 5.91 Å². The normalized spacial score (nSPS) is 24.1. The van der Waals surface area contributed by atoms with E-state index >= 15 is 0 Å². The summed E-state index contributed by atoms with van der Waals surface area (Å²) >= 11 is 0. The molecule has 0 saturated carbocycles. The maximum atomic E-state index is 11.3. The second kappa shape index (κ2) is 6.20. The van der Waals surface area contributed by atoms with E-state index in [9.17, 15) is 9.59 Å². The molecule has 1 aliphatic rings. The van der Waals surface area contributed by atoms with Gasteiger partial charge >= 0.3 is 0 Å². The molecule has 1 atom stereocenters. The van der Waals surface area contributed by atoms with Gasteiger partial charge in [0, 0.05) is 36.3 Å². The number of carbonyl (C=O) groups is 2. The number of hydrogen-bond donors (Lipinski definition) is 3. The summed E-state index contributed by atoms with van der Waals surface area (Å²) in [5, 5.41) is 2.78. The van der Waals surface area contributed by atoms with Crippen molar-refractivity contribution in [1.82, 2.24) is 10.2 Å². The third-order valence-corrected chi connectivity index (χ3v) is 4.13. The van der Waals surface area contributed by atoms with Gasteiger partial charge in [0.25, 0.3) is 5.91 Å². The number of rotatable bonds is 5. The fourth-order valence-electron chi connectivity index (χ4n) is 3.46. The van der Waals surface area contributed by atoms with E-state index in [0.717, 1.165) is 19.4 Å². The molecular weight excluding hydrogens is 256 g/mol. The first-order valence-electron chi connectivity index (χ1n) is 7.11. The highest BCUT2D eigenvalue weighted by Crippen LogP contribution is 2.38. The number of nitrogens with zero attached hydrogens (tertiary/aromatic N) is 1. The lowest BCUT2D eigenvalue weighted by Crippen LogP contribution is -2.66. The molecule has 0 spiro atoms. The van der Waals surface area contributed by atoms with Gasteiger partial charge in [-0.1, -0.05) is 0 Å². The number of nitrogens with one attached hydrogen (secondary N) is 1. The molecule has 116 valence electrons. The summed E-state index contributed by atoms with van der Waals surface area (Å²) in [7, 11) is 0. The van der Waals surface area contributed by atoms with Crippen LogP contribution in [0.1, 0.15) is 40.5 Å². The van der Waals surface area contributed by atoms with Gasteiger partial charge in [0.2, 0.25) is 6.29 Å². The van der Waals surface area contributed by atoms with Crippen molar-refractivity contribution >= 4 is 12.2 Å². The van der Waals surface area contributed by atoms with Crippen LogP contribution in [0, 0.1) is 0 Å². The summed E-state index contributed by atoms with van der Waals surface area (Å²) in [5.74, 6) is -0.547. The number of hydrogen-bond acceptors (Lipinski definition) is 5. The van der Waals surface area contributed by atoms with E-state index in [0.29, 0.717) is 12.8 Å². The Kier molecular flexibility index (Phi) is 5.29. The van der Waals surface area contributed by atoms with Crippen molar-refractivity contribution < 1.29 is 9.59 Å². The molecule has 6 heteroatoms. The number of likely N-dealkylation sites (tertiary alicyclic amines) is 1. The highest BCUT2D eigenvalue weighted by atomic mass is 16.2. The van der Waals surface area contributed by atoms with Gasteiger partial charge in [0.1, 0.15) is 0 Å². The molecule has 1 fully saturated rings. The number of carbonyl (C=O) groups excluding carboxylic acids is 2. The second-order valence-corrected chi connectivity index (χ2v) is 6.96. The van der Waals surface area contributed by atoms with E-state index in [-0.39, 0.29) is 23.2 Å². The smallest absolute Gasteiger partial charge is 0.284 e. The Morgan fingerprint density at radius 1 is 1.35 bits per heavy atom. The van der Waals surface area contributed by atoms with Crippen LogP contribution in [-0.2, 0) is 9.59 Å². The molecule has 1 aliphatic heterocycles. The monoisotopic (exact) mass is 284 g/mol. The Balaban J connectivity index is 2.86. The van der Waals surface area contributed by atoms with Crippen LogP contribution in [0.5, 0.6) is 0 Å². The zero-order valence-corrected chi connectivity index (χ0v) is 13.0. The first kappa shape index (κ1) is 17.1. The summed E-state index contributed by atoms with van der Waals surface area (Å²) in [5.41, 5.74) is 11.4.